The lowest BCUT2D eigenvalue weighted by molar-refractivity contribution is 0.373. The van der Waals surface area contributed by atoms with Gasteiger partial charge in [0.15, 0.2) is 5.58 Å². The Morgan fingerprint density at radius 3 is 2.17 bits per heavy atom. The molecule has 14 heteroatoms. The predicted octanol–water partition coefficient (Wildman–Crippen LogP) is 3.92. The molecule has 4 aromatic heterocycles. The van der Waals surface area contributed by atoms with Gasteiger partial charge in [0.1, 0.15) is 15.3 Å². The van der Waals surface area contributed by atoms with E-state index >= 15 is 0 Å². The Morgan fingerprint density at radius 1 is 1.00 bits per heavy atom. The van der Waals surface area contributed by atoms with E-state index in [9.17, 15) is 16.8 Å². The second-order valence-corrected chi connectivity index (χ2v) is 11.8. The summed E-state index contributed by atoms with van der Waals surface area (Å²) in [6.07, 6.45) is 12.0. The number of hydrogen-bond donors (Lipinski definition) is 3. The maximum atomic E-state index is 12.3. The number of aromatic amines is 2. The van der Waals surface area contributed by atoms with E-state index < -0.39 is 19.1 Å². The topological polar surface area (TPSA) is 164 Å². The Labute approximate surface area is 208 Å². The average molecular weight is 543 g/mol. The van der Waals surface area contributed by atoms with Crippen molar-refractivity contribution in [3.63, 3.8) is 0 Å². The van der Waals surface area contributed by atoms with Crippen LogP contribution < -0.4 is 4.72 Å². The van der Waals surface area contributed by atoms with Crippen molar-refractivity contribution in [2.75, 3.05) is 0 Å². The van der Waals surface area contributed by atoms with Gasteiger partial charge in [-0.3, -0.25) is 15.2 Å². The summed E-state index contributed by atoms with van der Waals surface area (Å²) in [6, 6.07) is 3.72. The van der Waals surface area contributed by atoms with Crippen LogP contribution in [0.2, 0.25) is 0 Å². The minimum absolute atomic E-state index is 0.0100. The van der Waals surface area contributed by atoms with E-state index in [1.807, 2.05) is 26.0 Å². The zero-order valence-corrected chi connectivity index (χ0v) is 21.6. The highest BCUT2D eigenvalue weighted by Crippen LogP contribution is 2.37. The van der Waals surface area contributed by atoms with Crippen LogP contribution in [0.15, 0.2) is 63.6 Å². The van der Waals surface area contributed by atoms with Gasteiger partial charge in [-0.2, -0.15) is 10.2 Å². The molecule has 0 spiro atoms. The zero-order chi connectivity index (χ0) is 25.5. The fourth-order valence-electron chi connectivity index (χ4n) is 3.74. The Morgan fingerprint density at radius 2 is 1.63 bits per heavy atom. The van der Waals surface area contributed by atoms with Gasteiger partial charge >= 0.3 is 0 Å². The molecule has 35 heavy (non-hydrogen) atoms. The first-order chi connectivity index (χ1) is 16.7. The van der Waals surface area contributed by atoms with Crippen molar-refractivity contribution >= 4 is 40.9 Å². The highest BCUT2D eigenvalue weighted by molar-refractivity contribution is 8.13. The third kappa shape index (κ3) is 6.90. The number of rotatable bonds is 5. The van der Waals surface area contributed by atoms with E-state index in [4.69, 9.17) is 15.1 Å². The first-order valence-electron chi connectivity index (χ1n) is 11.0. The lowest BCUT2D eigenvalue weighted by Gasteiger charge is -2.28. The average Bonchev–Trinajstić information content (AvgIpc) is 3.63. The standard InChI is InChI=1S/C16H18N4O3S.C3H3ClN2O2S.C2H6/c21-24(22,13-8-18-19-9-13)20-12-5-3-11(4-6-12)14-10-23-15-2-1-7-17-16(14)15;4-9(7,8)3-1-5-6-2-3;1-2/h1-2,7-12,20H,3-6H2,(H,18,19);1-2H,(H,5,6);1-2H3. The largest absolute Gasteiger partial charge is 0.462 e. The van der Waals surface area contributed by atoms with Gasteiger partial charge < -0.3 is 4.42 Å². The number of furan rings is 1. The van der Waals surface area contributed by atoms with Gasteiger partial charge in [0.05, 0.1) is 18.7 Å². The molecule has 3 N–H and O–H groups in total. The lowest BCUT2D eigenvalue weighted by atomic mass is 9.82. The molecule has 0 aromatic carbocycles. The van der Waals surface area contributed by atoms with E-state index in [-0.39, 0.29) is 15.8 Å². The molecule has 11 nitrogen and oxygen atoms in total. The van der Waals surface area contributed by atoms with Crippen molar-refractivity contribution in [1.29, 1.82) is 0 Å². The molecule has 0 atom stereocenters. The van der Waals surface area contributed by atoms with Crippen LogP contribution in [-0.4, -0.2) is 48.3 Å². The van der Waals surface area contributed by atoms with E-state index in [0.717, 1.165) is 48.5 Å². The van der Waals surface area contributed by atoms with Crippen LogP contribution in [0.1, 0.15) is 51.0 Å². The van der Waals surface area contributed by atoms with E-state index in [1.165, 1.54) is 18.6 Å². The molecule has 0 saturated heterocycles. The predicted molar refractivity (Wildman–Crippen MR) is 131 cm³/mol. The Hall–Kier alpha value is -2.74. The number of nitrogens with one attached hydrogen (secondary N) is 3. The molecule has 5 rings (SSSR count). The molecular weight excluding hydrogens is 516 g/mol. The maximum Gasteiger partial charge on any atom is 0.264 e. The molecular formula is C21H27ClN6O5S2. The number of fused-ring (bicyclic) bond motifs is 1. The molecule has 4 aromatic rings. The Bertz CT molecular complexity index is 1400. The molecule has 1 aliphatic carbocycles. The second kappa shape index (κ2) is 11.8. The summed E-state index contributed by atoms with van der Waals surface area (Å²) in [5.74, 6) is 0.357. The second-order valence-electron chi connectivity index (χ2n) is 7.52. The summed E-state index contributed by atoms with van der Waals surface area (Å²) in [6.45, 7) is 4.00. The molecule has 0 unspecified atom stereocenters. The minimum atomic E-state index is -3.58. The van der Waals surface area contributed by atoms with E-state index in [1.54, 1.807) is 12.5 Å². The fraction of sp³-hybridized carbons (Fsp3) is 0.381. The van der Waals surface area contributed by atoms with Crippen molar-refractivity contribution in [2.45, 2.75) is 61.3 Å². The first-order valence-corrected chi connectivity index (χ1v) is 14.8. The monoisotopic (exact) mass is 542 g/mol. The fourth-order valence-corrected chi connectivity index (χ4v) is 5.58. The number of hydrogen-bond acceptors (Lipinski definition) is 8. The Balaban J connectivity index is 0.000000262. The highest BCUT2D eigenvalue weighted by Gasteiger charge is 2.28. The number of H-pyrrole nitrogens is 2. The molecule has 4 heterocycles. The van der Waals surface area contributed by atoms with Crippen LogP contribution in [0.25, 0.3) is 11.1 Å². The minimum Gasteiger partial charge on any atom is -0.462 e. The molecule has 0 bridgehead atoms. The van der Waals surface area contributed by atoms with Gasteiger partial charge in [-0.15, -0.1) is 0 Å². The maximum absolute atomic E-state index is 12.3. The summed E-state index contributed by atoms with van der Waals surface area (Å²) in [5, 5.41) is 11.9. The van der Waals surface area contributed by atoms with Crippen LogP contribution in [0, 0.1) is 0 Å². The zero-order valence-electron chi connectivity index (χ0n) is 19.2. The first kappa shape index (κ1) is 26.9. The molecule has 1 fully saturated rings. The van der Waals surface area contributed by atoms with E-state index in [2.05, 4.69) is 30.1 Å². The quantitative estimate of drug-likeness (QED) is 0.319. The molecule has 190 valence electrons. The smallest absolute Gasteiger partial charge is 0.264 e. The van der Waals surface area contributed by atoms with Crippen molar-refractivity contribution in [1.82, 2.24) is 30.1 Å². The van der Waals surface area contributed by atoms with Gasteiger partial charge in [0.25, 0.3) is 9.05 Å². The summed E-state index contributed by atoms with van der Waals surface area (Å²) in [4.78, 5) is 4.58. The molecule has 0 radical (unpaired) electrons. The van der Waals surface area contributed by atoms with Gasteiger partial charge in [0, 0.05) is 40.9 Å². The van der Waals surface area contributed by atoms with Gasteiger partial charge in [-0.05, 0) is 43.7 Å². The molecule has 0 amide bonds. The summed E-state index contributed by atoms with van der Waals surface area (Å²) in [5.41, 5.74) is 2.84. The normalized spacial score (nSPS) is 18.3. The highest BCUT2D eigenvalue weighted by atomic mass is 35.7. The molecule has 1 aliphatic rings. The van der Waals surface area contributed by atoms with Crippen LogP contribution in [0.3, 0.4) is 0 Å². The van der Waals surface area contributed by atoms with Crippen LogP contribution >= 0.6 is 10.7 Å². The van der Waals surface area contributed by atoms with Crippen LogP contribution in [0.4, 0.5) is 0 Å². The van der Waals surface area contributed by atoms with Gasteiger partial charge in [0.2, 0.25) is 10.0 Å². The number of aromatic nitrogens is 5. The molecule has 0 aliphatic heterocycles. The third-order valence-electron chi connectivity index (χ3n) is 5.38. The summed E-state index contributed by atoms with van der Waals surface area (Å²) in [7, 11) is -2.17. The van der Waals surface area contributed by atoms with Gasteiger partial charge in [-0.25, -0.2) is 21.6 Å². The van der Waals surface area contributed by atoms with Crippen molar-refractivity contribution < 1.29 is 21.3 Å². The van der Waals surface area contributed by atoms with E-state index in [0.29, 0.717) is 5.92 Å². The molecule has 1 saturated carbocycles. The summed E-state index contributed by atoms with van der Waals surface area (Å²) < 4.78 is 53.6. The number of pyridine rings is 1. The SMILES string of the molecule is CC.O=S(=O)(Cl)c1cn[nH]c1.O=S(=O)(NC1CCC(c2coc3cccnc23)CC1)c1cn[nH]c1. The van der Waals surface area contributed by atoms with Crippen LogP contribution in [-0.2, 0) is 19.1 Å². The van der Waals surface area contributed by atoms with Crippen molar-refractivity contribution in [3.05, 3.63) is 54.9 Å². The van der Waals surface area contributed by atoms with Crippen molar-refractivity contribution in [3.8, 4) is 0 Å². The van der Waals surface area contributed by atoms with Gasteiger partial charge in [-0.1, -0.05) is 13.8 Å². The Kier molecular flexibility index (Phi) is 9.05. The lowest BCUT2D eigenvalue weighted by Crippen LogP contribution is -2.37. The third-order valence-corrected chi connectivity index (χ3v) is 8.19. The summed E-state index contributed by atoms with van der Waals surface area (Å²) >= 11 is 0. The van der Waals surface area contributed by atoms with Crippen molar-refractivity contribution in [2.24, 2.45) is 0 Å². The van der Waals surface area contributed by atoms with Crippen LogP contribution in [0.5, 0.6) is 0 Å². The number of sulfonamides is 1. The number of nitrogens with zero attached hydrogens (tertiary/aromatic N) is 3. The number of halogens is 1.